The molecule has 0 radical (unpaired) electrons. The summed E-state index contributed by atoms with van der Waals surface area (Å²) in [5.74, 6) is -0.833. The molecule has 2 amide bonds. The molecule has 0 spiro atoms. The number of halogens is 3. The van der Waals surface area contributed by atoms with Crippen LogP contribution < -0.4 is 4.90 Å². The molecule has 9 heteroatoms. The lowest BCUT2D eigenvalue weighted by Gasteiger charge is -2.36. The second-order valence-electron chi connectivity index (χ2n) is 8.38. The number of methoxy groups -OCH3 is 1. The average Bonchev–Trinajstić information content (AvgIpc) is 2.71. The zero-order valence-electron chi connectivity index (χ0n) is 19.6. The number of fused-ring (bicyclic) bond motifs is 1. The minimum Gasteiger partial charge on any atom is -0.385 e. The molecular formula is C23H33F3N2O3S. The standard InChI is InChI=1S/C23H33F3N2O3S/c1-7-15(4)28(14(2)3)22(30)17-12-19-20(13-18(17)23(24,25)26)32-16(5)21(29)27(19)10-8-9-11-31-6/h12-16H,7-11H2,1-6H3/t15-,16?/m1/s1. The Balaban J connectivity index is 2.60. The molecule has 0 saturated heterocycles. The Morgan fingerprint density at radius 3 is 2.44 bits per heavy atom. The summed E-state index contributed by atoms with van der Waals surface area (Å²) in [4.78, 5) is 29.6. The number of carbonyl (C=O) groups is 2. The van der Waals surface area contributed by atoms with E-state index < -0.39 is 28.5 Å². The molecule has 1 heterocycles. The Kier molecular flexibility index (Phi) is 9.05. The molecule has 180 valence electrons. The van der Waals surface area contributed by atoms with Crippen LogP contribution in [-0.2, 0) is 15.7 Å². The van der Waals surface area contributed by atoms with Gasteiger partial charge in [-0.05, 0) is 59.1 Å². The molecule has 0 fully saturated rings. The number of unbranched alkanes of at least 4 members (excludes halogenated alkanes) is 1. The monoisotopic (exact) mass is 474 g/mol. The maximum atomic E-state index is 14.0. The molecule has 32 heavy (non-hydrogen) atoms. The third-order valence-corrected chi connectivity index (χ3v) is 6.82. The van der Waals surface area contributed by atoms with Crippen molar-refractivity contribution >= 4 is 29.3 Å². The number of thioether (sulfide) groups is 1. The van der Waals surface area contributed by atoms with Crippen LogP contribution in [0.25, 0.3) is 0 Å². The minimum atomic E-state index is -4.69. The summed E-state index contributed by atoms with van der Waals surface area (Å²) >= 11 is 1.10. The molecule has 1 aliphatic rings. The first-order valence-corrected chi connectivity index (χ1v) is 11.9. The van der Waals surface area contributed by atoms with Crippen LogP contribution in [0.2, 0.25) is 0 Å². The van der Waals surface area contributed by atoms with E-state index in [4.69, 9.17) is 4.74 Å². The Hall–Kier alpha value is -1.74. The molecule has 0 aliphatic carbocycles. The van der Waals surface area contributed by atoms with Crippen molar-refractivity contribution in [2.75, 3.05) is 25.2 Å². The van der Waals surface area contributed by atoms with Crippen molar-refractivity contribution in [2.24, 2.45) is 0 Å². The number of anilines is 1. The number of alkyl halides is 3. The van der Waals surface area contributed by atoms with E-state index in [1.165, 1.54) is 15.9 Å². The topological polar surface area (TPSA) is 49.9 Å². The molecule has 1 aromatic rings. The number of benzene rings is 1. The first-order chi connectivity index (χ1) is 14.9. The molecule has 1 aromatic carbocycles. The number of amides is 2. The first kappa shape index (κ1) is 26.5. The second-order valence-corrected chi connectivity index (χ2v) is 9.76. The van der Waals surface area contributed by atoms with Crippen LogP contribution in [0.15, 0.2) is 17.0 Å². The van der Waals surface area contributed by atoms with E-state index in [1.54, 1.807) is 27.9 Å². The third kappa shape index (κ3) is 5.78. The van der Waals surface area contributed by atoms with Crippen molar-refractivity contribution in [3.8, 4) is 0 Å². The Bertz CT molecular complexity index is 829. The van der Waals surface area contributed by atoms with Crippen LogP contribution >= 0.6 is 11.8 Å². The number of hydrogen-bond acceptors (Lipinski definition) is 4. The molecule has 2 atom stereocenters. The van der Waals surface area contributed by atoms with Gasteiger partial charge in [-0.25, -0.2) is 0 Å². The van der Waals surface area contributed by atoms with Gasteiger partial charge in [-0.3, -0.25) is 9.59 Å². The highest BCUT2D eigenvalue weighted by atomic mass is 32.2. The van der Waals surface area contributed by atoms with Gasteiger partial charge in [-0.15, -0.1) is 11.8 Å². The first-order valence-electron chi connectivity index (χ1n) is 11.0. The van der Waals surface area contributed by atoms with Crippen LogP contribution in [0.3, 0.4) is 0 Å². The van der Waals surface area contributed by atoms with Gasteiger partial charge in [0.25, 0.3) is 5.91 Å². The van der Waals surface area contributed by atoms with Crippen LogP contribution in [0.4, 0.5) is 18.9 Å². The van der Waals surface area contributed by atoms with Gasteiger partial charge in [-0.2, -0.15) is 13.2 Å². The van der Waals surface area contributed by atoms with E-state index in [-0.39, 0.29) is 18.0 Å². The Morgan fingerprint density at radius 1 is 1.25 bits per heavy atom. The summed E-state index contributed by atoms with van der Waals surface area (Å²) in [5, 5.41) is -0.500. The van der Waals surface area contributed by atoms with Crippen molar-refractivity contribution in [3.05, 3.63) is 23.3 Å². The van der Waals surface area contributed by atoms with Gasteiger partial charge in [0, 0.05) is 37.2 Å². The molecule has 1 unspecified atom stereocenters. The van der Waals surface area contributed by atoms with E-state index in [1.807, 2.05) is 13.8 Å². The van der Waals surface area contributed by atoms with Crippen LogP contribution in [0, 0.1) is 0 Å². The van der Waals surface area contributed by atoms with E-state index in [2.05, 4.69) is 0 Å². The zero-order chi connectivity index (χ0) is 24.2. The van der Waals surface area contributed by atoms with Gasteiger partial charge >= 0.3 is 6.18 Å². The summed E-state index contributed by atoms with van der Waals surface area (Å²) in [6, 6.07) is 1.82. The smallest absolute Gasteiger partial charge is 0.385 e. The zero-order valence-corrected chi connectivity index (χ0v) is 20.4. The fraction of sp³-hybridized carbons (Fsp3) is 0.652. The lowest BCUT2D eigenvalue weighted by atomic mass is 10.0. The summed E-state index contributed by atoms with van der Waals surface area (Å²) in [5.41, 5.74) is -0.988. The maximum Gasteiger partial charge on any atom is 0.417 e. The van der Waals surface area contributed by atoms with E-state index in [0.29, 0.717) is 36.6 Å². The maximum absolute atomic E-state index is 14.0. The highest BCUT2D eigenvalue weighted by Crippen LogP contribution is 2.44. The predicted molar refractivity (Wildman–Crippen MR) is 121 cm³/mol. The molecular weight excluding hydrogens is 441 g/mol. The average molecular weight is 475 g/mol. The largest absolute Gasteiger partial charge is 0.417 e. The summed E-state index contributed by atoms with van der Waals surface area (Å²) in [6.45, 7) is 9.88. The van der Waals surface area contributed by atoms with Gasteiger partial charge in [-0.1, -0.05) is 6.92 Å². The number of rotatable bonds is 9. The summed E-state index contributed by atoms with van der Waals surface area (Å²) < 4.78 is 47.1. The SMILES string of the molecule is CC[C@@H](C)N(C(=O)c1cc2c(cc1C(F)(F)F)SC(C)C(=O)N2CCCCOC)C(C)C. The lowest BCUT2D eigenvalue weighted by molar-refractivity contribution is -0.138. The minimum absolute atomic E-state index is 0.166. The van der Waals surface area contributed by atoms with Crippen molar-refractivity contribution in [3.63, 3.8) is 0 Å². The summed E-state index contributed by atoms with van der Waals surface area (Å²) in [7, 11) is 1.59. The predicted octanol–water partition coefficient (Wildman–Crippen LogP) is 5.61. The number of ether oxygens (including phenoxy) is 1. The quantitative estimate of drug-likeness (QED) is 0.437. The molecule has 0 N–H and O–H groups in total. The molecule has 1 aliphatic heterocycles. The second kappa shape index (κ2) is 10.9. The summed E-state index contributed by atoms with van der Waals surface area (Å²) in [6.07, 6.45) is -2.70. The Morgan fingerprint density at radius 2 is 1.91 bits per heavy atom. The highest BCUT2D eigenvalue weighted by molar-refractivity contribution is 8.01. The van der Waals surface area contributed by atoms with Crippen LogP contribution in [-0.4, -0.2) is 54.3 Å². The van der Waals surface area contributed by atoms with Crippen LogP contribution in [0.5, 0.6) is 0 Å². The van der Waals surface area contributed by atoms with Gasteiger partial charge in [0.15, 0.2) is 0 Å². The van der Waals surface area contributed by atoms with Gasteiger partial charge < -0.3 is 14.5 Å². The van der Waals surface area contributed by atoms with Gasteiger partial charge in [0.2, 0.25) is 5.91 Å². The highest BCUT2D eigenvalue weighted by Gasteiger charge is 2.41. The van der Waals surface area contributed by atoms with Crippen molar-refractivity contribution < 1.29 is 27.5 Å². The molecule has 2 rings (SSSR count). The van der Waals surface area contributed by atoms with Crippen molar-refractivity contribution in [1.29, 1.82) is 0 Å². The normalized spacial score (nSPS) is 17.5. The molecule has 0 saturated carbocycles. The Labute approximate surface area is 192 Å². The van der Waals surface area contributed by atoms with Crippen LogP contribution in [0.1, 0.15) is 69.8 Å². The molecule has 0 aromatic heterocycles. The van der Waals surface area contributed by atoms with E-state index in [9.17, 15) is 22.8 Å². The molecule has 0 bridgehead atoms. The van der Waals surface area contributed by atoms with Crippen molar-refractivity contribution in [2.45, 2.75) is 82.3 Å². The number of carbonyl (C=O) groups excluding carboxylic acids is 2. The molecule has 5 nitrogen and oxygen atoms in total. The van der Waals surface area contributed by atoms with E-state index in [0.717, 1.165) is 24.2 Å². The van der Waals surface area contributed by atoms with Gasteiger partial charge in [0.1, 0.15) is 0 Å². The number of hydrogen-bond donors (Lipinski definition) is 0. The fourth-order valence-electron chi connectivity index (χ4n) is 3.89. The third-order valence-electron chi connectivity index (χ3n) is 5.68. The van der Waals surface area contributed by atoms with Gasteiger partial charge in [0.05, 0.1) is 22.1 Å². The fourth-order valence-corrected chi connectivity index (χ4v) is 4.98. The van der Waals surface area contributed by atoms with Crippen molar-refractivity contribution in [1.82, 2.24) is 4.90 Å². The van der Waals surface area contributed by atoms with E-state index >= 15 is 0 Å². The number of nitrogens with zero attached hydrogens (tertiary/aromatic N) is 2. The lowest BCUT2D eigenvalue weighted by Crippen LogP contribution is -2.44.